The molecule has 4 rings (SSSR count). The van der Waals surface area contributed by atoms with Gasteiger partial charge in [0.25, 0.3) is 5.91 Å². The Morgan fingerprint density at radius 2 is 1.68 bits per heavy atom. The molecule has 6 nitrogen and oxygen atoms in total. The van der Waals surface area contributed by atoms with Gasteiger partial charge in [0.05, 0.1) is 11.9 Å². The Morgan fingerprint density at radius 1 is 1.04 bits per heavy atom. The molecule has 0 N–H and O–H groups in total. The van der Waals surface area contributed by atoms with Crippen LogP contribution < -0.4 is 4.74 Å². The van der Waals surface area contributed by atoms with Crippen LogP contribution in [0.15, 0.2) is 55.0 Å². The smallest absolute Gasteiger partial charge is 0.406 e. The van der Waals surface area contributed by atoms with Crippen LogP contribution in [0.25, 0.3) is 11.5 Å². The van der Waals surface area contributed by atoms with Gasteiger partial charge >= 0.3 is 6.36 Å². The van der Waals surface area contributed by atoms with Gasteiger partial charge < -0.3 is 14.2 Å². The molecule has 0 unspecified atom stereocenters. The molecule has 1 aliphatic heterocycles. The molecule has 3 heterocycles. The number of hydrogen-bond acceptors (Lipinski definition) is 3. The van der Waals surface area contributed by atoms with Gasteiger partial charge in [-0.1, -0.05) is 0 Å². The number of ether oxygens (including phenoxy) is 1. The van der Waals surface area contributed by atoms with Crippen LogP contribution in [-0.4, -0.2) is 44.6 Å². The van der Waals surface area contributed by atoms with Crippen LogP contribution in [0.5, 0.6) is 5.75 Å². The summed E-state index contributed by atoms with van der Waals surface area (Å²) < 4.78 is 44.3. The monoisotopic (exact) mass is 390 g/mol. The first-order valence-electron chi connectivity index (χ1n) is 8.79. The van der Waals surface area contributed by atoms with Crippen molar-refractivity contribution in [3.8, 4) is 17.3 Å². The van der Waals surface area contributed by atoms with Crippen LogP contribution in [0.4, 0.5) is 13.2 Å². The van der Waals surface area contributed by atoms with E-state index >= 15 is 0 Å². The third-order valence-corrected chi connectivity index (χ3v) is 4.53. The molecule has 0 aliphatic carbocycles. The first-order valence-corrected chi connectivity index (χ1v) is 8.79. The number of hydrogen-bond donors (Lipinski definition) is 0. The average Bonchev–Trinajstić information content (AvgIpc) is 3.40. The van der Waals surface area contributed by atoms with Gasteiger partial charge in [0.2, 0.25) is 0 Å². The Balaban J connectivity index is 1.72. The fourth-order valence-corrected chi connectivity index (χ4v) is 3.29. The Bertz CT molecular complexity index is 956. The second-order valence-corrected chi connectivity index (χ2v) is 6.42. The molecule has 1 amide bonds. The van der Waals surface area contributed by atoms with Crippen molar-refractivity contribution in [2.45, 2.75) is 19.2 Å². The predicted octanol–water partition coefficient (Wildman–Crippen LogP) is 3.80. The van der Waals surface area contributed by atoms with Crippen LogP contribution >= 0.6 is 0 Å². The van der Waals surface area contributed by atoms with Gasteiger partial charge in [-0.2, -0.15) is 5.10 Å². The normalized spacial score (nSPS) is 14.5. The summed E-state index contributed by atoms with van der Waals surface area (Å²) in [7, 11) is 0. The number of benzene rings is 1. The van der Waals surface area contributed by atoms with Crippen LogP contribution in [0.1, 0.15) is 23.2 Å². The maximum absolute atomic E-state index is 12.9. The summed E-state index contributed by atoms with van der Waals surface area (Å²) in [5.74, 6) is 0.107. The molecule has 1 aliphatic rings. The minimum atomic E-state index is -4.75. The Labute approximate surface area is 158 Å². The van der Waals surface area contributed by atoms with E-state index in [0.717, 1.165) is 12.8 Å². The molecule has 1 fully saturated rings. The summed E-state index contributed by atoms with van der Waals surface area (Å²) in [6.07, 6.45) is 2.26. The lowest BCUT2D eigenvalue weighted by Gasteiger charge is -2.16. The van der Waals surface area contributed by atoms with Crippen molar-refractivity contribution < 1.29 is 22.7 Å². The molecule has 146 valence electrons. The molecule has 1 aromatic carbocycles. The molecule has 2 aromatic heterocycles. The zero-order valence-electron chi connectivity index (χ0n) is 14.8. The standard InChI is InChI=1S/C19H17F3N4O2/c20-19(21,22)28-15-7-5-14(6-8-15)26-17(24-9-1-2-10-24)16(13-23-26)18(27)25-11-3-4-12-25/h1-2,5-10,13H,3-4,11-12H2. The van der Waals surface area contributed by atoms with Crippen molar-refractivity contribution in [1.82, 2.24) is 19.2 Å². The van der Waals surface area contributed by atoms with Gasteiger partial charge in [0, 0.05) is 25.5 Å². The molecule has 0 bridgehead atoms. The molecule has 9 heteroatoms. The van der Waals surface area contributed by atoms with Gasteiger partial charge in [-0.25, -0.2) is 4.68 Å². The zero-order chi connectivity index (χ0) is 19.7. The fourth-order valence-electron chi connectivity index (χ4n) is 3.29. The number of alkyl halides is 3. The third-order valence-electron chi connectivity index (χ3n) is 4.53. The average molecular weight is 390 g/mol. The molecule has 0 radical (unpaired) electrons. The van der Waals surface area contributed by atoms with E-state index < -0.39 is 6.36 Å². The van der Waals surface area contributed by atoms with Crippen LogP contribution in [0.3, 0.4) is 0 Å². The summed E-state index contributed by atoms with van der Waals surface area (Å²) in [5, 5.41) is 4.32. The lowest BCUT2D eigenvalue weighted by Crippen LogP contribution is -2.28. The molecule has 3 aromatic rings. The first kappa shape index (κ1) is 18.1. The highest BCUT2D eigenvalue weighted by Gasteiger charge is 2.31. The SMILES string of the molecule is O=C(c1cnn(-c2ccc(OC(F)(F)F)cc2)c1-n1cccc1)N1CCCC1. The highest BCUT2D eigenvalue weighted by atomic mass is 19.4. The van der Waals surface area contributed by atoms with Gasteiger partial charge in [-0.05, 0) is 49.2 Å². The maximum Gasteiger partial charge on any atom is 0.573 e. The number of carbonyl (C=O) groups is 1. The van der Waals surface area contributed by atoms with E-state index in [-0.39, 0.29) is 11.7 Å². The molecule has 0 spiro atoms. The van der Waals surface area contributed by atoms with Crippen LogP contribution in [0, 0.1) is 0 Å². The van der Waals surface area contributed by atoms with E-state index in [1.807, 2.05) is 12.1 Å². The van der Waals surface area contributed by atoms with E-state index in [4.69, 9.17) is 0 Å². The molecular formula is C19H17F3N4O2. The van der Waals surface area contributed by atoms with Gasteiger partial charge in [-0.15, -0.1) is 13.2 Å². The zero-order valence-corrected chi connectivity index (χ0v) is 14.8. The maximum atomic E-state index is 12.9. The van der Waals surface area contributed by atoms with Crippen molar-refractivity contribution in [3.05, 3.63) is 60.6 Å². The molecular weight excluding hydrogens is 373 g/mol. The number of carbonyl (C=O) groups excluding carboxylic acids is 1. The number of halogens is 3. The molecule has 0 saturated carbocycles. The quantitative estimate of drug-likeness (QED) is 0.681. The van der Waals surface area contributed by atoms with E-state index in [2.05, 4.69) is 9.84 Å². The number of nitrogens with zero attached hydrogens (tertiary/aromatic N) is 4. The highest BCUT2D eigenvalue weighted by Crippen LogP contribution is 2.26. The van der Waals surface area contributed by atoms with E-state index in [0.29, 0.717) is 30.2 Å². The van der Waals surface area contributed by atoms with Gasteiger partial charge in [-0.3, -0.25) is 4.79 Å². The van der Waals surface area contributed by atoms with Crippen molar-refractivity contribution in [2.75, 3.05) is 13.1 Å². The second-order valence-electron chi connectivity index (χ2n) is 6.42. The summed E-state index contributed by atoms with van der Waals surface area (Å²) in [6, 6.07) is 9.00. The fraction of sp³-hybridized carbons (Fsp3) is 0.263. The Kier molecular flexibility index (Phi) is 4.58. The van der Waals surface area contributed by atoms with Crippen molar-refractivity contribution in [1.29, 1.82) is 0 Å². The molecule has 28 heavy (non-hydrogen) atoms. The Hall–Kier alpha value is -3.23. The summed E-state index contributed by atoms with van der Waals surface area (Å²) in [4.78, 5) is 14.7. The number of rotatable bonds is 4. The predicted molar refractivity (Wildman–Crippen MR) is 94.7 cm³/mol. The Morgan fingerprint density at radius 3 is 2.29 bits per heavy atom. The van der Waals surface area contributed by atoms with Crippen LogP contribution in [-0.2, 0) is 0 Å². The summed E-state index contributed by atoms with van der Waals surface area (Å²) >= 11 is 0. The minimum Gasteiger partial charge on any atom is -0.406 e. The van der Waals surface area contributed by atoms with Crippen molar-refractivity contribution >= 4 is 5.91 Å². The van der Waals surface area contributed by atoms with Crippen molar-refractivity contribution in [2.24, 2.45) is 0 Å². The highest BCUT2D eigenvalue weighted by molar-refractivity contribution is 5.97. The van der Waals surface area contributed by atoms with Crippen LogP contribution in [0.2, 0.25) is 0 Å². The van der Waals surface area contributed by atoms with Gasteiger partial charge in [0.15, 0.2) is 5.82 Å². The number of amides is 1. The molecule has 1 saturated heterocycles. The van der Waals surface area contributed by atoms with E-state index in [9.17, 15) is 18.0 Å². The first-order chi connectivity index (χ1) is 13.4. The summed E-state index contributed by atoms with van der Waals surface area (Å²) in [5.41, 5.74) is 0.951. The largest absolute Gasteiger partial charge is 0.573 e. The lowest BCUT2D eigenvalue weighted by molar-refractivity contribution is -0.274. The molecule has 0 atom stereocenters. The van der Waals surface area contributed by atoms with E-state index in [1.165, 1.54) is 35.1 Å². The van der Waals surface area contributed by atoms with Gasteiger partial charge in [0.1, 0.15) is 11.3 Å². The van der Waals surface area contributed by atoms with Crippen molar-refractivity contribution in [3.63, 3.8) is 0 Å². The number of aromatic nitrogens is 3. The second kappa shape index (κ2) is 7.06. The number of likely N-dealkylation sites (tertiary alicyclic amines) is 1. The third kappa shape index (κ3) is 3.60. The summed E-state index contributed by atoms with van der Waals surface area (Å²) in [6.45, 7) is 1.41. The minimum absolute atomic E-state index is 0.107. The lowest BCUT2D eigenvalue weighted by atomic mass is 10.2. The topological polar surface area (TPSA) is 52.3 Å². The van der Waals surface area contributed by atoms with E-state index in [1.54, 1.807) is 21.9 Å².